The third-order valence-electron chi connectivity index (χ3n) is 6.57. The maximum atomic E-state index is 12.6. The predicted octanol–water partition coefficient (Wildman–Crippen LogP) is 3.68. The van der Waals surface area contributed by atoms with E-state index in [2.05, 4.69) is 16.0 Å². The zero-order valence-corrected chi connectivity index (χ0v) is 17.7. The van der Waals surface area contributed by atoms with Crippen molar-refractivity contribution in [3.63, 3.8) is 0 Å². The van der Waals surface area contributed by atoms with Gasteiger partial charge in [-0.1, -0.05) is 18.9 Å². The van der Waals surface area contributed by atoms with Crippen molar-refractivity contribution < 1.29 is 0 Å². The summed E-state index contributed by atoms with van der Waals surface area (Å²) in [6.07, 6.45) is 7.26. The number of nitriles is 1. The van der Waals surface area contributed by atoms with Crippen molar-refractivity contribution in [1.82, 2.24) is 14.5 Å². The normalized spacial score (nSPS) is 19.1. The average molecular weight is 412 g/mol. The number of anilines is 1. The van der Waals surface area contributed by atoms with Gasteiger partial charge in [-0.05, 0) is 55.5 Å². The molecular weight excluding hydrogens is 388 g/mol. The fraction of sp³-hybridized carbons (Fsp3) is 0.375. The molecule has 7 nitrogen and oxygen atoms in total. The Morgan fingerprint density at radius 2 is 1.97 bits per heavy atom. The van der Waals surface area contributed by atoms with Gasteiger partial charge in [-0.3, -0.25) is 4.79 Å². The zero-order valence-electron chi connectivity index (χ0n) is 17.7. The number of hydrazone groups is 1. The van der Waals surface area contributed by atoms with Gasteiger partial charge in [0.15, 0.2) is 0 Å². The van der Waals surface area contributed by atoms with E-state index in [-0.39, 0.29) is 11.6 Å². The fourth-order valence-electron chi connectivity index (χ4n) is 4.82. The SMILES string of the molecule is Cc1nc(N2N=C(c3ccc4ncn(C)c(=O)c4c3)C[C@@H]2C2CCCC2)ccc1C#N. The number of fused-ring (bicyclic) bond motifs is 1. The van der Waals surface area contributed by atoms with Gasteiger partial charge in [0.25, 0.3) is 5.56 Å². The van der Waals surface area contributed by atoms with Gasteiger partial charge in [-0.25, -0.2) is 15.0 Å². The summed E-state index contributed by atoms with van der Waals surface area (Å²) in [5.41, 5.74) is 3.86. The second-order valence-electron chi connectivity index (χ2n) is 8.51. The Balaban J connectivity index is 1.57. The molecule has 0 amide bonds. The van der Waals surface area contributed by atoms with Crippen LogP contribution in [0.3, 0.4) is 0 Å². The number of benzene rings is 1. The van der Waals surface area contributed by atoms with Crippen molar-refractivity contribution in [1.29, 1.82) is 5.26 Å². The molecule has 156 valence electrons. The number of nitrogens with zero attached hydrogens (tertiary/aromatic N) is 6. The summed E-state index contributed by atoms with van der Waals surface area (Å²) >= 11 is 0. The molecule has 7 heteroatoms. The van der Waals surface area contributed by atoms with Crippen molar-refractivity contribution in [2.75, 3.05) is 5.01 Å². The summed E-state index contributed by atoms with van der Waals surface area (Å²) < 4.78 is 1.50. The molecule has 1 fully saturated rings. The minimum atomic E-state index is -0.0565. The first-order valence-electron chi connectivity index (χ1n) is 10.8. The Hall–Kier alpha value is -3.53. The summed E-state index contributed by atoms with van der Waals surface area (Å²) in [4.78, 5) is 21.6. The maximum absolute atomic E-state index is 12.6. The molecule has 0 radical (unpaired) electrons. The third-order valence-corrected chi connectivity index (χ3v) is 6.57. The van der Waals surface area contributed by atoms with Crippen molar-refractivity contribution >= 4 is 22.4 Å². The van der Waals surface area contributed by atoms with Crippen LogP contribution in [-0.2, 0) is 7.05 Å². The summed E-state index contributed by atoms with van der Waals surface area (Å²) in [7, 11) is 1.71. The van der Waals surface area contributed by atoms with Crippen LogP contribution in [-0.4, -0.2) is 26.3 Å². The Labute approximate surface area is 180 Å². The average Bonchev–Trinajstić information content (AvgIpc) is 3.46. The van der Waals surface area contributed by atoms with Crippen molar-refractivity contribution in [2.45, 2.75) is 45.1 Å². The highest BCUT2D eigenvalue weighted by Crippen LogP contribution is 2.38. The van der Waals surface area contributed by atoms with E-state index >= 15 is 0 Å². The van der Waals surface area contributed by atoms with Gasteiger partial charge in [0.2, 0.25) is 0 Å². The molecule has 1 aromatic carbocycles. The van der Waals surface area contributed by atoms with E-state index in [4.69, 9.17) is 5.10 Å². The molecule has 0 spiro atoms. The van der Waals surface area contributed by atoms with Crippen LogP contribution in [0.25, 0.3) is 10.9 Å². The number of aromatic nitrogens is 3. The number of pyridine rings is 1. The molecule has 1 atom stereocenters. The molecule has 5 rings (SSSR count). The van der Waals surface area contributed by atoms with Crippen LogP contribution in [0.5, 0.6) is 0 Å². The van der Waals surface area contributed by atoms with E-state index in [1.165, 1.54) is 30.3 Å². The molecule has 0 bridgehead atoms. The second-order valence-corrected chi connectivity index (χ2v) is 8.51. The van der Waals surface area contributed by atoms with E-state index in [1.807, 2.05) is 42.3 Å². The van der Waals surface area contributed by atoms with Gasteiger partial charge >= 0.3 is 0 Å². The summed E-state index contributed by atoms with van der Waals surface area (Å²) in [6, 6.07) is 11.9. The molecular formula is C24H24N6O. The molecule has 1 aliphatic carbocycles. The summed E-state index contributed by atoms with van der Waals surface area (Å²) in [6.45, 7) is 1.86. The Kier molecular flexibility index (Phi) is 4.78. The Morgan fingerprint density at radius 3 is 2.71 bits per heavy atom. The van der Waals surface area contributed by atoms with E-state index in [0.29, 0.717) is 28.1 Å². The van der Waals surface area contributed by atoms with E-state index in [9.17, 15) is 10.1 Å². The maximum Gasteiger partial charge on any atom is 0.260 e. The van der Waals surface area contributed by atoms with Crippen LogP contribution in [0.2, 0.25) is 0 Å². The van der Waals surface area contributed by atoms with Crippen LogP contribution in [0.15, 0.2) is 46.6 Å². The molecule has 3 aromatic rings. The molecule has 31 heavy (non-hydrogen) atoms. The second kappa shape index (κ2) is 7.62. The molecule has 0 N–H and O–H groups in total. The quantitative estimate of drug-likeness (QED) is 0.655. The number of hydrogen-bond acceptors (Lipinski definition) is 6. The van der Waals surface area contributed by atoms with Gasteiger partial charge in [-0.2, -0.15) is 10.4 Å². The first-order valence-corrected chi connectivity index (χ1v) is 10.8. The molecule has 0 unspecified atom stereocenters. The van der Waals surface area contributed by atoms with Gasteiger partial charge in [0.1, 0.15) is 11.9 Å². The lowest BCUT2D eigenvalue weighted by Crippen LogP contribution is -2.33. The van der Waals surface area contributed by atoms with E-state index in [0.717, 1.165) is 23.5 Å². The summed E-state index contributed by atoms with van der Waals surface area (Å²) in [5.74, 6) is 1.34. The number of hydrogen-bond donors (Lipinski definition) is 0. The minimum absolute atomic E-state index is 0.0565. The monoisotopic (exact) mass is 412 g/mol. The van der Waals surface area contributed by atoms with Crippen LogP contribution in [0.4, 0.5) is 5.82 Å². The Morgan fingerprint density at radius 1 is 1.16 bits per heavy atom. The third kappa shape index (κ3) is 3.38. The predicted molar refractivity (Wildman–Crippen MR) is 120 cm³/mol. The largest absolute Gasteiger partial charge is 0.302 e. The molecule has 1 aliphatic heterocycles. The Bertz CT molecular complexity index is 1300. The first-order chi connectivity index (χ1) is 15.0. The van der Waals surface area contributed by atoms with Gasteiger partial charge in [0.05, 0.1) is 40.2 Å². The van der Waals surface area contributed by atoms with Crippen molar-refractivity contribution in [2.24, 2.45) is 18.1 Å². The molecule has 2 aliphatic rings. The molecule has 2 aromatic heterocycles. The van der Waals surface area contributed by atoms with Crippen LogP contribution in [0, 0.1) is 24.2 Å². The summed E-state index contributed by atoms with van der Waals surface area (Å²) in [5, 5.41) is 16.9. The minimum Gasteiger partial charge on any atom is -0.302 e. The van der Waals surface area contributed by atoms with Gasteiger partial charge in [0, 0.05) is 13.5 Å². The van der Waals surface area contributed by atoms with Crippen molar-refractivity contribution in [3.8, 4) is 6.07 Å². The van der Waals surface area contributed by atoms with E-state index < -0.39 is 0 Å². The van der Waals surface area contributed by atoms with Gasteiger partial charge in [-0.15, -0.1) is 0 Å². The topological polar surface area (TPSA) is 87.2 Å². The number of rotatable bonds is 3. The smallest absolute Gasteiger partial charge is 0.260 e. The lowest BCUT2D eigenvalue weighted by molar-refractivity contribution is 0.428. The number of aryl methyl sites for hydroxylation is 2. The lowest BCUT2D eigenvalue weighted by atomic mass is 9.92. The molecule has 0 saturated heterocycles. The molecule has 3 heterocycles. The highest BCUT2D eigenvalue weighted by Gasteiger charge is 2.36. The fourth-order valence-corrected chi connectivity index (χ4v) is 4.82. The highest BCUT2D eigenvalue weighted by atomic mass is 16.1. The van der Waals surface area contributed by atoms with E-state index in [1.54, 1.807) is 13.4 Å². The molecule has 1 saturated carbocycles. The zero-order chi connectivity index (χ0) is 21.5. The highest BCUT2D eigenvalue weighted by molar-refractivity contribution is 6.05. The first kappa shape index (κ1) is 19.4. The van der Waals surface area contributed by atoms with Crippen LogP contribution in [0.1, 0.15) is 48.9 Å². The van der Waals surface area contributed by atoms with Crippen LogP contribution < -0.4 is 10.6 Å². The lowest BCUT2D eigenvalue weighted by Gasteiger charge is -2.27. The van der Waals surface area contributed by atoms with Crippen molar-refractivity contribution in [3.05, 3.63) is 63.8 Å². The van der Waals surface area contributed by atoms with Gasteiger partial charge < -0.3 is 4.57 Å². The van der Waals surface area contributed by atoms with Crippen LogP contribution >= 0.6 is 0 Å². The standard InChI is InChI=1S/C24H24N6O/c1-15-18(13-25)8-10-23(27-15)30-22(16-5-3-4-6-16)12-21(28-30)17-7-9-20-19(11-17)24(31)29(2)14-26-20/h7-11,14,16,22H,3-6,12H2,1-2H3/t22-/m1/s1.